The summed E-state index contributed by atoms with van der Waals surface area (Å²) in [6.45, 7) is 7.29. The molecule has 5 rings (SSSR count). The van der Waals surface area contributed by atoms with Crippen LogP contribution in [0.2, 0.25) is 0 Å². The molecule has 0 aliphatic heterocycles. The molecule has 1 N–H and O–H groups in total. The molecule has 0 saturated carbocycles. The predicted octanol–water partition coefficient (Wildman–Crippen LogP) is 5.68. The molecular formula is C27H27N5. The Bertz CT molecular complexity index is 1360. The summed E-state index contributed by atoms with van der Waals surface area (Å²) in [6.07, 6.45) is 5.75. The molecule has 0 bridgehead atoms. The van der Waals surface area contributed by atoms with Gasteiger partial charge >= 0.3 is 0 Å². The minimum absolute atomic E-state index is 0.184. The predicted molar refractivity (Wildman–Crippen MR) is 129 cm³/mol. The zero-order valence-corrected chi connectivity index (χ0v) is 18.7. The SMILES string of the molecule is Cc1cc(-n2cccn2)ccc1CNC(C)c1cnn(-c2cccc3ccccc23)c1C. The largest absolute Gasteiger partial charge is 0.306 e. The molecule has 5 aromatic rings. The number of nitrogens with one attached hydrogen (secondary N) is 1. The lowest BCUT2D eigenvalue weighted by Gasteiger charge is -2.16. The van der Waals surface area contributed by atoms with Gasteiger partial charge in [-0.25, -0.2) is 9.36 Å². The van der Waals surface area contributed by atoms with Gasteiger partial charge in [0, 0.05) is 41.6 Å². The van der Waals surface area contributed by atoms with E-state index in [1.165, 1.54) is 27.5 Å². The summed E-state index contributed by atoms with van der Waals surface area (Å²) in [7, 11) is 0. The molecule has 5 nitrogen and oxygen atoms in total. The van der Waals surface area contributed by atoms with Crippen LogP contribution in [0.1, 0.15) is 35.3 Å². The average molecular weight is 422 g/mol. The van der Waals surface area contributed by atoms with Crippen LogP contribution >= 0.6 is 0 Å². The normalized spacial score (nSPS) is 12.3. The van der Waals surface area contributed by atoms with Gasteiger partial charge in [0.15, 0.2) is 0 Å². The first kappa shape index (κ1) is 20.2. The molecule has 32 heavy (non-hydrogen) atoms. The standard InChI is InChI=1S/C27H27N5/c1-19-16-24(31-15-7-14-29-31)13-12-23(19)17-28-20(2)26-18-30-32(21(26)3)27-11-6-9-22-8-4-5-10-25(22)27/h4-16,18,20,28H,17H2,1-3H3. The second kappa shape index (κ2) is 8.44. The third-order valence-electron chi connectivity index (χ3n) is 6.20. The Morgan fingerprint density at radius 2 is 1.78 bits per heavy atom. The molecule has 0 aliphatic rings. The minimum atomic E-state index is 0.184. The van der Waals surface area contributed by atoms with Crippen molar-refractivity contribution in [2.45, 2.75) is 33.4 Å². The molecule has 0 saturated heterocycles. The number of benzene rings is 3. The highest BCUT2D eigenvalue weighted by Gasteiger charge is 2.15. The fourth-order valence-corrected chi connectivity index (χ4v) is 4.30. The van der Waals surface area contributed by atoms with Gasteiger partial charge in [0.05, 0.1) is 17.6 Å². The van der Waals surface area contributed by atoms with Crippen molar-refractivity contribution in [2.75, 3.05) is 0 Å². The summed E-state index contributed by atoms with van der Waals surface area (Å²) in [5.74, 6) is 0. The Morgan fingerprint density at radius 1 is 0.938 bits per heavy atom. The second-order valence-corrected chi connectivity index (χ2v) is 8.26. The van der Waals surface area contributed by atoms with Gasteiger partial charge in [-0.3, -0.25) is 0 Å². The summed E-state index contributed by atoms with van der Waals surface area (Å²) >= 11 is 0. The number of hydrogen-bond donors (Lipinski definition) is 1. The number of nitrogens with zero attached hydrogens (tertiary/aromatic N) is 4. The van der Waals surface area contributed by atoms with Gasteiger partial charge in [0.2, 0.25) is 0 Å². The minimum Gasteiger partial charge on any atom is -0.306 e. The molecule has 0 aliphatic carbocycles. The van der Waals surface area contributed by atoms with E-state index in [0.29, 0.717) is 0 Å². The average Bonchev–Trinajstić information content (AvgIpc) is 3.48. The van der Waals surface area contributed by atoms with E-state index in [0.717, 1.165) is 23.6 Å². The lowest BCUT2D eigenvalue weighted by Crippen LogP contribution is -2.19. The zero-order valence-electron chi connectivity index (χ0n) is 18.7. The molecule has 0 fully saturated rings. The van der Waals surface area contributed by atoms with Gasteiger partial charge in [0.1, 0.15) is 0 Å². The fraction of sp³-hybridized carbons (Fsp3) is 0.185. The summed E-state index contributed by atoms with van der Waals surface area (Å²) in [6, 6.07) is 23.4. The van der Waals surface area contributed by atoms with Crippen LogP contribution in [0, 0.1) is 13.8 Å². The van der Waals surface area contributed by atoms with E-state index >= 15 is 0 Å². The second-order valence-electron chi connectivity index (χ2n) is 8.26. The molecule has 0 amide bonds. The molecule has 0 radical (unpaired) electrons. The van der Waals surface area contributed by atoms with Gasteiger partial charge in [-0.1, -0.05) is 42.5 Å². The van der Waals surface area contributed by atoms with Crippen LogP contribution in [-0.2, 0) is 6.54 Å². The van der Waals surface area contributed by atoms with Crippen molar-refractivity contribution >= 4 is 10.8 Å². The van der Waals surface area contributed by atoms with Crippen LogP contribution in [0.3, 0.4) is 0 Å². The maximum absolute atomic E-state index is 4.74. The van der Waals surface area contributed by atoms with E-state index in [9.17, 15) is 0 Å². The Kier molecular flexibility index (Phi) is 5.33. The lowest BCUT2D eigenvalue weighted by atomic mass is 10.1. The summed E-state index contributed by atoms with van der Waals surface area (Å²) in [5.41, 5.74) is 7.10. The van der Waals surface area contributed by atoms with E-state index in [1.807, 2.05) is 23.1 Å². The molecule has 160 valence electrons. The number of aromatic nitrogens is 4. The van der Waals surface area contributed by atoms with Gasteiger partial charge in [-0.05, 0) is 61.5 Å². The molecule has 5 heteroatoms. The molecule has 1 unspecified atom stereocenters. The smallest absolute Gasteiger partial charge is 0.0727 e. The maximum atomic E-state index is 4.74. The topological polar surface area (TPSA) is 47.7 Å². The van der Waals surface area contributed by atoms with Crippen LogP contribution in [-0.4, -0.2) is 19.6 Å². The first-order valence-electron chi connectivity index (χ1n) is 11.0. The van der Waals surface area contributed by atoms with Gasteiger partial charge in [0.25, 0.3) is 0 Å². The molecule has 3 aromatic carbocycles. The van der Waals surface area contributed by atoms with Crippen LogP contribution in [0.25, 0.3) is 22.1 Å². The monoisotopic (exact) mass is 421 g/mol. The van der Waals surface area contributed by atoms with Crippen LogP contribution < -0.4 is 5.32 Å². The highest BCUT2D eigenvalue weighted by Crippen LogP contribution is 2.26. The van der Waals surface area contributed by atoms with Gasteiger partial charge in [-0.2, -0.15) is 10.2 Å². The Hall–Kier alpha value is -3.70. The summed E-state index contributed by atoms with van der Waals surface area (Å²) < 4.78 is 3.94. The van der Waals surface area contributed by atoms with Crippen molar-refractivity contribution in [1.29, 1.82) is 0 Å². The van der Waals surface area contributed by atoms with Crippen LogP contribution in [0.5, 0.6) is 0 Å². The molecule has 2 heterocycles. The first-order chi connectivity index (χ1) is 15.6. The number of aryl methyl sites for hydroxylation is 1. The highest BCUT2D eigenvalue weighted by atomic mass is 15.3. The first-order valence-corrected chi connectivity index (χ1v) is 11.0. The third-order valence-corrected chi connectivity index (χ3v) is 6.20. The number of rotatable bonds is 6. The lowest BCUT2D eigenvalue weighted by molar-refractivity contribution is 0.570. The molecule has 2 aromatic heterocycles. The Balaban J connectivity index is 1.35. The van der Waals surface area contributed by atoms with E-state index in [2.05, 4.69) is 96.5 Å². The van der Waals surface area contributed by atoms with Crippen molar-refractivity contribution in [3.05, 3.63) is 108 Å². The van der Waals surface area contributed by atoms with Crippen molar-refractivity contribution in [3.63, 3.8) is 0 Å². The van der Waals surface area contributed by atoms with Gasteiger partial charge < -0.3 is 5.32 Å². The molecular weight excluding hydrogens is 394 g/mol. The summed E-state index contributed by atoms with van der Waals surface area (Å²) in [4.78, 5) is 0. The quantitative estimate of drug-likeness (QED) is 0.384. The van der Waals surface area contributed by atoms with E-state index < -0.39 is 0 Å². The van der Waals surface area contributed by atoms with Crippen molar-refractivity contribution in [2.24, 2.45) is 0 Å². The van der Waals surface area contributed by atoms with E-state index in [-0.39, 0.29) is 6.04 Å². The maximum Gasteiger partial charge on any atom is 0.0727 e. The fourth-order valence-electron chi connectivity index (χ4n) is 4.30. The van der Waals surface area contributed by atoms with Gasteiger partial charge in [-0.15, -0.1) is 0 Å². The third kappa shape index (κ3) is 3.72. The molecule has 1 atom stereocenters. The van der Waals surface area contributed by atoms with Crippen molar-refractivity contribution in [3.8, 4) is 11.4 Å². The van der Waals surface area contributed by atoms with Crippen LogP contribution in [0.4, 0.5) is 0 Å². The van der Waals surface area contributed by atoms with Crippen LogP contribution in [0.15, 0.2) is 85.3 Å². The van der Waals surface area contributed by atoms with E-state index in [1.54, 1.807) is 6.20 Å². The number of fused-ring (bicyclic) bond motifs is 1. The van der Waals surface area contributed by atoms with E-state index in [4.69, 9.17) is 5.10 Å². The molecule has 0 spiro atoms. The highest BCUT2D eigenvalue weighted by molar-refractivity contribution is 5.90. The van der Waals surface area contributed by atoms with Crippen molar-refractivity contribution in [1.82, 2.24) is 24.9 Å². The summed E-state index contributed by atoms with van der Waals surface area (Å²) in [5, 5.41) is 15.2. The Morgan fingerprint density at radius 3 is 2.59 bits per heavy atom. The number of hydrogen-bond acceptors (Lipinski definition) is 3. The Labute approximate surface area is 188 Å². The zero-order chi connectivity index (χ0) is 22.1. The van der Waals surface area contributed by atoms with Crippen molar-refractivity contribution < 1.29 is 0 Å².